The molecule has 0 unspecified atom stereocenters. The number of rotatable bonds is 9. The Hall–Kier alpha value is -2.67. The molecule has 140 valence electrons. The number of aromatic nitrogens is 1. The highest BCUT2D eigenvalue weighted by Gasteiger charge is 2.20. The number of hydrogen-bond donors (Lipinski definition) is 0. The zero-order valence-electron chi connectivity index (χ0n) is 15.4. The first-order valence-electron chi connectivity index (χ1n) is 8.51. The number of methoxy groups -OCH3 is 1. The fraction of sp³-hybridized carbons (Fsp3) is 0.421. The predicted molar refractivity (Wildman–Crippen MR) is 94.9 cm³/mol. The Kier molecular flexibility index (Phi) is 7.35. The van der Waals surface area contributed by atoms with Crippen LogP contribution in [0.3, 0.4) is 0 Å². The van der Waals surface area contributed by atoms with E-state index < -0.39 is 5.97 Å². The lowest BCUT2D eigenvalue weighted by atomic mass is 10.1. The second-order valence-electron chi connectivity index (χ2n) is 5.76. The summed E-state index contributed by atoms with van der Waals surface area (Å²) in [6.07, 6.45) is 1.92. The van der Waals surface area contributed by atoms with E-state index in [1.165, 1.54) is 13.4 Å². The molecular formula is C19H24N2O5. The lowest BCUT2D eigenvalue weighted by molar-refractivity contribution is 0.0593. The van der Waals surface area contributed by atoms with Gasteiger partial charge in [0, 0.05) is 25.3 Å². The Bertz CT molecular complexity index is 724. The van der Waals surface area contributed by atoms with Crippen molar-refractivity contribution < 1.29 is 23.5 Å². The summed E-state index contributed by atoms with van der Waals surface area (Å²) in [5.41, 5.74) is 1.76. The maximum absolute atomic E-state index is 12.8. The van der Waals surface area contributed by atoms with Gasteiger partial charge in [-0.1, -0.05) is 17.7 Å². The van der Waals surface area contributed by atoms with Gasteiger partial charge in [0.25, 0.3) is 5.91 Å². The van der Waals surface area contributed by atoms with Crippen LogP contribution < -0.4 is 0 Å². The molecule has 1 heterocycles. The fourth-order valence-electron chi connectivity index (χ4n) is 2.38. The van der Waals surface area contributed by atoms with Crippen molar-refractivity contribution in [3.63, 3.8) is 0 Å². The van der Waals surface area contributed by atoms with Gasteiger partial charge in [-0.25, -0.2) is 9.78 Å². The Balaban J connectivity index is 2.11. The van der Waals surface area contributed by atoms with Crippen LogP contribution in [-0.2, 0) is 16.0 Å². The van der Waals surface area contributed by atoms with Gasteiger partial charge in [0.15, 0.2) is 5.69 Å². The van der Waals surface area contributed by atoms with Crippen molar-refractivity contribution in [2.75, 3.05) is 26.9 Å². The summed E-state index contributed by atoms with van der Waals surface area (Å²) in [6.45, 7) is 5.74. The summed E-state index contributed by atoms with van der Waals surface area (Å²) in [5, 5.41) is 0. The minimum Gasteiger partial charge on any atom is -0.464 e. The number of ether oxygens (including phenoxy) is 2. The molecule has 0 atom stereocenters. The van der Waals surface area contributed by atoms with Crippen molar-refractivity contribution in [2.24, 2.45) is 0 Å². The summed E-state index contributed by atoms with van der Waals surface area (Å²) in [6, 6.07) is 7.38. The molecular weight excluding hydrogens is 336 g/mol. The average Bonchev–Trinajstić information content (AvgIpc) is 3.12. The maximum atomic E-state index is 12.8. The number of benzene rings is 1. The largest absolute Gasteiger partial charge is 0.464 e. The summed E-state index contributed by atoms with van der Waals surface area (Å²) < 4.78 is 15.3. The molecule has 1 amide bonds. The Morgan fingerprint density at radius 1 is 1.23 bits per heavy atom. The molecule has 1 aromatic heterocycles. The number of nitrogens with zero attached hydrogens (tertiary/aromatic N) is 2. The molecule has 0 saturated heterocycles. The number of carbonyl (C=O) groups is 2. The molecule has 0 bridgehead atoms. The van der Waals surface area contributed by atoms with Gasteiger partial charge in [-0.3, -0.25) is 4.79 Å². The first-order chi connectivity index (χ1) is 12.5. The van der Waals surface area contributed by atoms with E-state index in [9.17, 15) is 9.59 Å². The minimum absolute atomic E-state index is 0.0829. The molecule has 0 fully saturated rings. The second kappa shape index (κ2) is 9.72. The molecule has 0 aliphatic heterocycles. The Labute approximate surface area is 152 Å². The molecule has 0 radical (unpaired) electrons. The van der Waals surface area contributed by atoms with E-state index in [0.717, 1.165) is 5.56 Å². The van der Waals surface area contributed by atoms with E-state index in [1.807, 2.05) is 26.0 Å². The molecule has 0 spiro atoms. The quantitative estimate of drug-likeness (QED) is 0.505. The van der Waals surface area contributed by atoms with E-state index >= 15 is 0 Å². The zero-order valence-corrected chi connectivity index (χ0v) is 15.4. The van der Waals surface area contributed by atoms with Crippen molar-refractivity contribution in [3.05, 3.63) is 53.2 Å². The highest BCUT2D eigenvalue weighted by atomic mass is 16.5. The van der Waals surface area contributed by atoms with Crippen molar-refractivity contribution in [2.45, 2.75) is 26.8 Å². The molecule has 0 aliphatic carbocycles. The number of hydrogen-bond acceptors (Lipinski definition) is 6. The lowest BCUT2D eigenvalue weighted by Gasteiger charge is -2.21. The summed E-state index contributed by atoms with van der Waals surface area (Å²) in [7, 11) is 1.28. The van der Waals surface area contributed by atoms with Crippen molar-refractivity contribution >= 4 is 11.9 Å². The maximum Gasteiger partial charge on any atom is 0.360 e. The molecule has 0 aliphatic rings. The molecule has 2 aromatic rings. The van der Waals surface area contributed by atoms with Crippen LogP contribution in [0.25, 0.3) is 0 Å². The Morgan fingerprint density at radius 3 is 2.62 bits per heavy atom. The zero-order chi connectivity index (χ0) is 18.9. The van der Waals surface area contributed by atoms with Crippen LogP contribution >= 0.6 is 0 Å². The lowest BCUT2D eigenvalue weighted by Crippen LogP contribution is -2.32. The first-order valence-corrected chi connectivity index (χ1v) is 8.51. The van der Waals surface area contributed by atoms with Gasteiger partial charge in [-0.15, -0.1) is 0 Å². The van der Waals surface area contributed by atoms with Crippen LogP contribution in [0.15, 0.2) is 34.9 Å². The van der Waals surface area contributed by atoms with Crippen LogP contribution in [0.2, 0.25) is 0 Å². The number of carbonyl (C=O) groups excluding carboxylic acids is 2. The van der Waals surface area contributed by atoms with Gasteiger partial charge in [-0.2, -0.15) is 0 Å². The predicted octanol–water partition coefficient (Wildman–Crippen LogP) is 2.84. The SMILES string of the molecule is CCOCCCN(Cc1nc(C(=O)OC)co1)C(=O)c1ccc(C)cc1. The van der Waals surface area contributed by atoms with E-state index in [0.29, 0.717) is 31.7 Å². The molecule has 0 saturated carbocycles. The summed E-state index contributed by atoms with van der Waals surface area (Å²) in [4.78, 5) is 30.1. The van der Waals surface area contributed by atoms with Gasteiger partial charge in [0.2, 0.25) is 5.89 Å². The second-order valence-corrected chi connectivity index (χ2v) is 5.76. The number of esters is 1. The summed E-state index contributed by atoms with van der Waals surface area (Å²) in [5.74, 6) is -0.422. The van der Waals surface area contributed by atoms with Gasteiger partial charge in [0.1, 0.15) is 6.26 Å². The number of amides is 1. The van der Waals surface area contributed by atoms with Crippen LogP contribution in [0.4, 0.5) is 0 Å². The third-order valence-electron chi connectivity index (χ3n) is 3.78. The first kappa shape index (κ1) is 19.7. The topological polar surface area (TPSA) is 81.9 Å². The third-order valence-corrected chi connectivity index (χ3v) is 3.78. The molecule has 2 rings (SSSR count). The highest BCUT2D eigenvalue weighted by molar-refractivity contribution is 5.94. The molecule has 26 heavy (non-hydrogen) atoms. The standard InChI is InChI=1S/C19H24N2O5/c1-4-25-11-5-10-21(18(22)15-8-6-14(2)7-9-15)12-17-20-16(13-26-17)19(23)24-3/h6-9,13H,4-5,10-12H2,1-3H3. The van der Waals surface area contributed by atoms with Crippen LogP contribution in [0.5, 0.6) is 0 Å². The summed E-state index contributed by atoms with van der Waals surface area (Å²) >= 11 is 0. The molecule has 1 aromatic carbocycles. The van der Waals surface area contributed by atoms with E-state index in [4.69, 9.17) is 9.15 Å². The Morgan fingerprint density at radius 2 is 1.96 bits per heavy atom. The van der Waals surface area contributed by atoms with Crippen LogP contribution in [-0.4, -0.2) is 48.6 Å². The smallest absolute Gasteiger partial charge is 0.360 e. The molecule has 7 nitrogen and oxygen atoms in total. The normalized spacial score (nSPS) is 10.6. The molecule has 0 N–H and O–H groups in total. The van der Waals surface area contributed by atoms with Gasteiger partial charge in [0.05, 0.1) is 13.7 Å². The van der Waals surface area contributed by atoms with E-state index in [2.05, 4.69) is 9.72 Å². The molecule has 7 heteroatoms. The van der Waals surface area contributed by atoms with Crippen molar-refractivity contribution in [1.82, 2.24) is 9.88 Å². The van der Waals surface area contributed by atoms with Gasteiger partial charge >= 0.3 is 5.97 Å². The van der Waals surface area contributed by atoms with Crippen molar-refractivity contribution in [3.8, 4) is 0 Å². The monoisotopic (exact) mass is 360 g/mol. The minimum atomic E-state index is -0.576. The number of oxazole rings is 1. The van der Waals surface area contributed by atoms with Gasteiger partial charge < -0.3 is 18.8 Å². The third kappa shape index (κ3) is 5.42. The van der Waals surface area contributed by atoms with Gasteiger partial charge in [-0.05, 0) is 32.4 Å². The van der Waals surface area contributed by atoms with Crippen molar-refractivity contribution in [1.29, 1.82) is 0 Å². The average molecular weight is 360 g/mol. The van der Waals surface area contributed by atoms with Crippen LogP contribution in [0, 0.1) is 6.92 Å². The van der Waals surface area contributed by atoms with E-state index in [-0.39, 0.29) is 24.0 Å². The van der Waals surface area contributed by atoms with Crippen LogP contribution in [0.1, 0.15) is 45.6 Å². The van der Waals surface area contributed by atoms with E-state index in [1.54, 1.807) is 17.0 Å². The fourth-order valence-corrected chi connectivity index (χ4v) is 2.38. The highest BCUT2D eigenvalue weighted by Crippen LogP contribution is 2.13. The number of aryl methyl sites for hydroxylation is 1.